The third-order valence-electron chi connectivity index (χ3n) is 3.06. The molecule has 0 amide bonds. The molecule has 106 valence electrons. The lowest BCUT2D eigenvalue weighted by molar-refractivity contribution is -0.137. The molecule has 3 rings (SSSR count). The van der Waals surface area contributed by atoms with Gasteiger partial charge >= 0.3 is 11.9 Å². The molecule has 0 saturated heterocycles. The van der Waals surface area contributed by atoms with E-state index in [4.69, 9.17) is 4.52 Å². The summed E-state index contributed by atoms with van der Waals surface area (Å²) in [5.74, 6) is -0.412. The summed E-state index contributed by atoms with van der Waals surface area (Å²) in [4.78, 5) is 18.7. The number of hydrogen-bond acceptors (Lipinski definition) is 4. The van der Waals surface area contributed by atoms with E-state index >= 15 is 0 Å². The van der Waals surface area contributed by atoms with E-state index in [1.807, 2.05) is 0 Å². The molecule has 0 aromatic carbocycles. The van der Waals surface area contributed by atoms with Crippen molar-refractivity contribution in [1.82, 2.24) is 14.7 Å². The highest BCUT2D eigenvalue weighted by Crippen LogP contribution is 2.33. The largest absolute Gasteiger partial charge is 0.460 e. The fourth-order valence-corrected chi connectivity index (χ4v) is 1.87. The minimum atomic E-state index is -4.47. The van der Waals surface area contributed by atoms with Crippen molar-refractivity contribution in [2.24, 2.45) is 5.92 Å². The van der Waals surface area contributed by atoms with Crippen LogP contribution >= 0.6 is 0 Å². The lowest BCUT2D eigenvalue weighted by atomic mass is 10.2. The van der Waals surface area contributed by atoms with Crippen molar-refractivity contribution in [2.45, 2.75) is 25.6 Å². The second-order valence-electron chi connectivity index (χ2n) is 4.72. The van der Waals surface area contributed by atoms with E-state index in [2.05, 4.69) is 9.97 Å². The van der Waals surface area contributed by atoms with Crippen LogP contribution in [0.25, 0.3) is 11.5 Å². The second kappa shape index (κ2) is 4.46. The Balaban J connectivity index is 2.02. The second-order valence-corrected chi connectivity index (χ2v) is 4.72. The van der Waals surface area contributed by atoms with E-state index in [0.29, 0.717) is 12.5 Å². The van der Waals surface area contributed by atoms with Crippen LogP contribution in [0.15, 0.2) is 27.6 Å². The number of nitrogens with zero attached hydrogens (tertiary/aromatic N) is 3. The van der Waals surface area contributed by atoms with Gasteiger partial charge in [0, 0.05) is 6.20 Å². The fourth-order valence-electron chi connectivity index (χ4n) is 1.87. The summed E-state index contributed by atoms with van der Waals surface area (Å²) < 4.78 is 44.1. The molecule has 0 atom stereocenters. The molecule has 8 heteroatoms. The topological polar surface area (TPSA) is 60.9 Å². The van der Waals surface area contributed by atoms with Crippen molar-refractivity contribution in [2.75, 3.05) is 0 Å². The molecule has 0 spiro atoms. The van der Waals surface area contributed by atoms with Gasteiger partial charge in [0.1, 0.15) is 5.69 Å². The number of hydrogen-bond donors (Lipinski definition) is 0. The Kier molecular flexibility index (Phi) is 2.88. The number of rotatable bonds is 3. The smallest absolute Gasteiger partial charge is 0.318 e. The Morgan fingerprint density at radius 1 is 1.40 bits per heavy atom. The van der Waals surface area contributed by atoms with Crippen LogP contribution in [0.4, 0.5) is 13.2 Å². The van der Waals surface area contributed by atoms with Crippen LogP contribution in [0, 0.1) is 5.92 Å². The Hall–Kier alpha value is -2.12. The molecule has 0 radical (unpaired) electrons. The van der Waals surface area contributed by atoms with Crippen LogP contribution in [0.2, 0.25) is 0 Å². The molecule has 2 aromatic heterocycles. The van der Waals surface area contributed by atoms with Gasteiger partial charge in [0.25, 0.3) is 0 Å². The molecule has 0 N–H and O–H groups in total. The molecule has 1 fully saturated rings. The van der Waals surface area contributed by atoms with Gasteiger partial charge in [-0.2, -0.15) is 22.9 Å². The Morgan fingerprint density at radius 2 is 2.15 bits per heavy atom. The fraction of sp³-hybridized carbons (Fsp3) is 0.417. The third kappa shape index (κ3) is 2.59. The van der Waals surface area contributed by atoms with Crippen LogP contribution in [0.1, 0.15) is 18.4 Å². The Bertz CT molecular complexity index is 686. The zero-order chi connectivity index (χ0) is 14.3. The molecule has 1 saturated carbocycles. The van der Waals surface area contributed by atoms with Crippen LogP contribution in [-0.2, 0) is 12.7 Å². The number of aromatic nitrogens is 3. The summed E-state index contributed by atoms with van der Waals surface area (Å²) in [5.41, 5.74) is -0.859. The maximum absolute atomic E-state index is 12.7. The number of halogens is 3. The summed E-state index contributed by atoms with van der Waals surface area (Å²) in [5, 5.41) is 0. The summed E-state index contributed by atoms with van der Waals surface area (Å²) in [7, 11) is 0. The lowest BCUT2D eigenvalue weighted by Gasteiger charge is -2.08. The van der Waals surface area contributed by atoms with Crippen LogP contribution in [0.3, 0.4) is 0 Å². The lowest BCUT2D eigenvalue weighted by Crippen LogP contribution is -2.07. The molecule has 0 unspecified atom stereocenters. The van der Waals surface area contributed by atoms with E-state index in [-0.39, 0.29) is 11.5 Å². The average Bonchev–Trinajstić information content (AvgIpc) is 3.11. The maximum atomic E-state index is 12.7. The van der Waals surface area contributed by atoms with E-state index in [1.165, 1.54) is 4.74 Å². The van der Waals surface area contributed by atoms with Crippen LogP contribution < -0.4 is 5.76 Å². The first-order valence-corrected chi connectivity index (χ1v) is 6.05. The van der Waals surface area contributed by atoms with Crippen LogP contribution in [-0.4, -0.2) is 14.7 Å². The summed E-state index contributed by atoms with van der Waals surface area (Å²) >= 11 is 0. The molecule has 0 bridgehead atoms. The van der Waals surface area contributed by atoms with E-state index in [0.717, 1.165) is 31.2 Å². The molecular formula is C12H10F3N3O2. The van der Waals surface area contributed by atoms with E-state index in [9.17, 15) is 18.0 Å². The van der Waals surface area contributed by atoms with Crippen molar-refractivity contribution >= 4 is 0 Å². The normalized spacial score (nSPS) is 15.6. The monoisotopic (exact) mass is 285 g/mol. The highest BCUT2D eigenvalue weighted by Gasteiger charge is 2.32. The standard InChI is InChI=1S/C12H10F3N3O2/c13-12(14,15)8-3-4-16-9(5-8)10-17-11(19)20-18(10)6-7-1-2-7/h3-5,7H,1-2,6H2. The highest BCUT2D eigenvalue weighted by atomic mass is 19.4. The van der Waals surface area contributed by atoms with Gasteiger partial charge in [-0.15, -0.1) is 0 Å². The molecule has 0 aliphatic heterocycles. The zero-order valence-corrected chi connectivity index (χ0v) is 10.2. The molecular weight excluding hydrogens is 275 g/mol. The van der Waals surface area contributed by atoms with Crippen molar-refractivity contribution in [1.29, 1.82) is 0 Å². The Labute approximate surface area is 111 Å². The van der Waals surface area contributed by atoms with Crippen molar-refractivity contribution < 1.29 is 17.7 Å². The van der Waals surface area contributed by atoms with Gasteiger partial charge in [-0.1, -0.05) is 0 Å². The van der Waals surface area contributed by atoms with Gasteiger partial charge < -0.3 is 4.52 Å². The summed E-state index contributed by atoms with van der Waals surface area (Å²) in [6.07, 6.45) is -1.41. The molecule has 2 aromatic rings. The summed E-state index contributed by atoms with van der Waals surface area (Å²) in [6.45, 7) is 0.433. The first kappa shape index (κ1) is 12.9. The summed E-state index contributed by atoms with van der Waals surface area (Å²) in [6, 6.07) is 1.73. The maximum Gasteiger partial charge on any atom is 0.460 e. The zero-order valence-electron chi connectivity index (χ0n) is 10.2. The average molecular weight is 285 g/mol. The predicted octanol–water partition coefficient (Wildman–Crippen LogP) is 2.33. The molecule has 1 aliphatic rings. The minimum Gasteiger partial charge on any atom is -0.318 e. The van der Waals surface area contributed by atoms with Gasteiger partial charge in [-0.25, -0.2) is 4.79 Å². The van der Waals surface area contributed by atoms with E-state index < -0.39 is 17.5 Å². The van der Waals surface area contributed by atoms with Crippen molar-refractivity contribution in [3.05, 3.63) is 34.4 Å². The minimum absolute atomic E-state index is 0.0219. The Morgan fingerprint density at radius 3 is 2.80 bits per heavy atom. The van der Waals surface area contributed by atoms with Gasteiger partial charge in [-0.3, -0.25) is 4.98 Å². The number of pyridine rings is 1. The predicted molar refractivity (Wildman–Crippen MR) is 61.7 cm³/mol. The van der Waals surface area contributed by atoms with Crippen molar-refractivity contribution in [3.8, 4) is 11.5 Å². The highest BCUT2D eigenvalue weighted by molar-refractivity contribution is 5.50. The van der Waals surface area contributed by atoms with Crippen molar-refractivity contribution in [3.63, 3.8) is 0 Å². The molecule has 5 nitrogen and oxygen atoms in total. The first-order chi connectivity index (χ1) is 9.43. The SMILES string of the molecule is O=c1nc(-c2cc(C(F)(F)F)ccn2)n(CC2CC2)o1. The molecule has 2 heterocycles. The van der Waals surface area contributed by atoms with Gasteiger partial charge in [0.05, 0.1) is 12.1 Å². The molecule has 20 heavy (non-hydrogen) atoms. The first-order valence-electron chi connectivity index (χ1n) is 6.05. The quantitative estimate of drug-likeness (QED) is 0.868. The van der Waals surface area contributed by atoms with E-state index in [1.54, 1.807) is 0 Å². The van der Waals surface area contributed by atoms with Gasteiger partial charge in [-0.05, 0) is 30.9 Å². The molecule has 1 aliphatic carbocycles. The van der Waals surface area contributed by atoms with Gasteiger partial charge in [0.2, 0.25) is 0 Å². The van der Waals surface area contributed by atoms with Crippen LogP contribution in [0.5, 0.6) is 0 Å². The third-order valence-corrected chi connectivity index (χ3v) is 3.06. The number of alkyl halides is 3. The van der Waals surface area contributed by atoms with Gasteiger partial charge in [0.15, 0.2) is 5.82 Å².